The van der Waals surface area contributed by atoms with Crippen LogP contribution in [0.5, 0.6) is 5.75 Å². The van der Waals surface area contributed by atoms with E-state index in [9.17, 15) is 18.0 Å². The lowest BCUT2D eigenvalue weighted by Gasteiger charge is -2.35. The summed E-state index contributed by atoms with van der Waals surface area (Å²) in [5.74, 6) is -0.272. The molecule has 1 saturated carbocycles. The summed E-state index contributed by atoms with van der Waals surface area (Å²) in [5.41, 5.74) is 1.70. The van der Waals surface area contributed by atoms with Crippen LogP contribution in [0.4, 0.5) is 5.69 Å². The van der Waals surface area contributed by atoms with Gasteiger partial charge in [-0.3, -0.25) is 13.9 Å². The molecule has 0 heterocycles. The van der Waals surface area contributed by atoms with E-state index in [1.165, 1.54) is 35.2 Å². The number of halogens is 2. The molecule has 0 spiro atoms. The highest BCUT2D eigenvalue weighted by Gasteiger charge is 2.35. The molecular weight excluding hydrogens is 669 g/mol. The Bertz CT molecular complexity index is 1780. The number of nitrogens with zero attached hydrogens (tertiary/aromatic N) is 2. The fourth-order valence-corrected chi connectivity index (χ4v) is 7.93. The minimum absolute atomic E-state index is 0.00172. The van der Waals surface area contributed by atoms with Crippen molar-refractivity contribution in [1.82, 2.24) is 10.2 Å². The van der Waals surface area contributed by atoms with E-state index in [1.54, 1.807) is 37.4 Å². The van der Waals surface area contributed by atoms with Gasteiger partial charge in [-0.25, -0.2) is 8.42 Å². The van der Waals surface area contributed by atoms with Gasteiger partial charge >= 0.3 is 0 Å². The molecule has 1 fully saturated rings. The number of rotatable bonds is 13. The first-order valence-corrected chi connectivity index (χ1v) is 18.1. The molecule has 2 amide bonds. The Kier molecular flexibility index (Phi) is 12.0. The van der Waals surface area contributed by atoms with Gasteiger partial charge in [0.2, 0.25) is 11.8 Å². The molecule has 0 unspecified atom stereocenters. The van der Waals surface area contributed by atoms with Crippen LogP contribution in [0.15, 0.2) is 108 Å². The minimum atomic E-state index is -4.28. The van der Waals surface area contributed by atoms with Crippen LogP contribution in [-0.2, 0) is 32.6 Å². The molecular formula is C37H39Cl2N3O5S. The van der Waals surface area contributed by atoms with Crippen molar-refractivity contribution in [2.24, 2.45) is 0 Å². The summed E-state index contributed by atoms with van der Waals surface area (Å²) >= 11 is 12.7. The van der Waals surface area contributed by atoms with Gasteiger partial charge in [0.15, 0.2) is 0 Å². The Morgan fingerprint density at radius 3 is 2.10 bits per heavy atom. The second-order valence-electron chi connectivity index (χ2n) is 11.9. The largest absolute Gasteiger partial charge is 0.497 e. The third kappa shape index (κ3) is 9.09. The maximum atomic E-state index is 14.7. The first kappa shape index (κ1) is 35.3. The molecule has 48 heavy (non-hydrogen) atoms. The number of carbonyl (C=O) groups is 2. The zero-order chi connectivity index (χ0) is 34.1. The Hall–Kier alpha value is -4.05. The number of amides is 2. The lowest BCUT2D eigenvalue weighted by Crippen LogP contribution is -2.55. The highest BCUT2D eigenvalue weighted by molar-refractivity contribution is 7.92. The van der Waals surface area contributed by atoms with Gasteiger partial charge in [-0.05, 0) is 66.4 Å². The van der Waals surface area contributed by atoms with E-state index in [2.05, 4.69) is 5.32 Å². The van der Waals surface area contributed by atoms with Crippen molar-refractivity contribution in [3.05, 3.63) is 124 Å². The molecule has 1 aliphatic rings. The summed E-state index contributed by atoms with van der Waals surface area (Å²) in [4.78, 5) is 30.4. The summed E-state index contributed by atoms with van der Waals surface area (Å²) in [6.45, 7) is -0.582. The van der Waals surface area contributed by atoms with Crippen LogP contribution in [-0.4, -0.2) is 50.9 Å². The zero-order valence-corrected chi connectivity index (χ0v) is 29.1. The van der Waals surface area contributed by atoms with Crippen molar-refractivity contribution in [3.8, 4) is 5.75 Å². The predicted molar refractivity (Wildman–Crippen MR) is 190 cm³/mol. The minimum Gasteiger partial charge on any atom is -0.497 e. The van der Waals surface area contributed by atoms with Gasteiger partial charge in [0, 0.05) is 29.1 Å². The zero-order valence-electron chi connectivity index (χ0n) is 26.7. The number of carbonyl (C=O) groups excluding carboxylic acids is 2. The number of anilines is 1. The van der Waals surface area contributed by atoms with Gasteiger partial charge < -0.3 is 15.0 Å². The van der Waals surface area contributed by atoms with E-state index < -0.39 is 28.5 Å². The summed E-state index contributed by atoms with van der Waals surface area (Å²) < 4.78 is 34.8. The Balaban J connectivity index is 1.58. The maximum Gasteiger partial charge on any atom is 0.264 e. The molecule has 8 nitrogen and oxygen atoms in total. The average Bonchev–Trinajstić information content (AvgIpc) is 3.09. The monoisotopic (exact) mass is 707 g/mol. The highest BCUT2D eigenvalue weighted by Crippen LogP contribution is 2.30. The van der Waals surface area contributed by atoms with Gasteiger partial charge in [-0.1, -0.05) is 103 Å². The summed E-state index contributed by atoms with van der Waals surface area (Å²) in [5, 5.41) is 3.63. The summed E-state index contributed by atoms with van der Waals surface area (Å²) in [7, 11) is -2.72. The molecule has 0 aliphatic heterocycles. The van der Waals surface area contributed by atoms with Gasteiger partial charge in [0.05, 0.1) is 17.7 Å². The Labute approximate surface area is 292 Å². The van der Waals surface area contributed by atoms with Crippen molar-refractivity contribution in [3.63, 3.8) is 0 Å². The van der Waals surface area contributed by atoms with Crippen molar-refractivity contribution in [2.75, 3.05) is 18.0 Å². The number of hydrogen-bond donors (Lipinski definition) is 1. The molecule has 4 aromatic rings. The topological polar surface area (TPSA) is 96.0 Å². The van der Waals surface area contributed by atoms with Gasteiger partial charge in [-0.15, -0.1) is 0 Å². The van der Waals surface area contributed by atoms with Crippen LogP contribution in [0.1, 0.15) is 43.2 Å². The van der Waals surface area contributed by atoms with Crippen LogP contribution in [0.25, 0.3) is 0 Å². The fraction of sp³-hybridized carbons (Fsp3) is 0.297. The van der Waals surface area contributed by atoms with Crippen molar-refractivity contribution < 1.29 is 22.7 Å². The second-order valence-corrected chi connectivity index (χ2v) is 14.6. The van der Waals surface area contributed by atoms with Crippen LogP contribution >= 0.6 is 23.2 Å². The Morgan fingerprint density at radius 2 is 1.46 bits per heavy atom. The molecule has 1 N–H and O–H groups in total. The number of methoxy groups -OCH3 is 1. The summed E-state index contributed by atoms with van der Waals surface area (Å²) in [6, 6.07) is 28.0. The number of sulfonamides is 1. The smallest absolute Gasteiger partial charge is 0.264 e. The third-order valence-electron chi connectivity index (χ3n) is 8.46. The van der Waals surface area contributed by atoms with Crippen molar-refractivity contribution >= 4 is 50.7 Å². The number of nitrogens with one attached hydrogen (secondary N) is 1. The predicted octanol–water partition coefficient (Wildman–Crippen LogP) is 7.29. The highest BCUT2D eigenvalue weighted by atomic mass is 35.5. The SMILES string of the molecule is COc1cccc(CN(C(=O)CN(c2cc(Cl)cc(Cl)c2)S(=O)(=O)c2ccccc2)[C@H](Cc2ccccc2)C(=O)NC2CCCCC2)c1. The fourth-order valence-electron chi connectivity index (χ4n) is 6.00. The summed E-state index contributed by atoms with van der Waals surface area (Å²) in [6.07, 6.45) is 5.13. The molecule has 1 atom stereocenters. The molecule has 252 valence electrons. The van der Waals surface area contributed by atoms with E-state index in [-0.39, 0.29) is 45.5 Å². The molecule has 11 heteroatoms. The molecule has 4 aromatic carbocycles. The first-order chi connectivity index (χ1) is 23.1. The lowest BCUT2D eigenvalue weighted by atomic mass is 9.94. The number of ether oxygens (including phenoxy) is 1. The molecule has 1 aliphatic carbocycles. The quantitative estimate of drug-likeness (QED) is 0.158. The average molecular weight is 709 g/mol. The maximum absolute atomic E-state index is 14.7. The molecule has 0 aromatic heterocycles. The van der Waals surface area contributed by atoms with E-state index in [1.807, 2.05) is 42.5 Å². The third-order valence-corrected chi connectivity index (χ3v) is 10.7. The van der Waals surface area contributed by atoms with E-state index in [0.29, 0.717) is 5.75 Å². The molecule has 0 bridgehead atoms. The van der Waals surface area contributed by atoms with Crippen LogP contribution < -0.4 is 14.4 Å². The van der Waals surface area contributed by atoms with E-state index in [4.69, 9.17) is 27.9 Å². The lowest BCUT2D eigenvalue weighted by molar-refractivity contribution is -0.140. The van der Waals surface area contributed by atoms with Gasteiger partial charge in [0.25, 0.3) is 10.0 Å². The molecule has 5 rings (SSSR count). The van der Waals surface area contributed by atoms with Gasteiger partial charge in [-0.2, -0.15) is 0 Å². The van der Waals surface area contributed by atoms with Gasteiger partial charge in [0.1, 0.15) is 18.3 Å². The number of benzene rings is 4. The van der Waals surface area contributed by atoms with Crippen LogP contribution in [0.2, 0.25) is 10.0 Å². The van der Waals surface area contributed by atoms with Crippen molar-refractivity contribution in [1.29, 1.82) is 0 Å². The van der Waals surface area contributed by atoms with Crippen molar-refractivity contribution in [2.45, 2.75) is 62.0 Å². The molecule has 0 saturated heterocycles. The van der Waals surface area contributed by atoms with Crippen LogP contribution in [0, 0.1) is 0 Å². The number of hydrogen-bond acceptors (Lipinski definition) is 5. The van der Waals surface area contributed by atoms with E-state index >= 15 is 0 Å². The van der Waals surface area contributed by atoms with Crippen LogP contribution in [0.3, 0.4) is 0 Å². The van der Waals surface area contributed by atoms with E-state index in [0.717, 1.165) is 47.5 Å². The molecule has 0 radical (unpaired) electrons. The normalized spacial score (nSPS) is 14.1. The second kappa shape index (κ2) is 16.4. The Morgan fingerprint density at radius 1 is 0.833 bits per heavy atom. The first-order valence-electron chi connectivity index (χ1n) is 15.9. The standard InChI is InChI=1S/C37H39Cl2N3O5S/c1-47-33-17-11-14-28(20-33)25-41(35(21-27-12-5-2-6-13-27)37(44)40-31-15-7-3-8-16-31)36(43)26-42(32-23-29(38)22-30(39)24-32)48(45,46)34-18-9-4-10-19-34/h2,4-6,9-14,17-20,22-24,31,35H,3,7-8,15-16,21,25-26H2,1H3,(H,40,44)/t35-/m1/s1.